The molecule has 1 aromatic carbocycles. The first-order chi connectivity index (χ1) is 11.7. The summed E-state index contributed by atoms with van der Waals surface area (Å²) in [5.41, 5.74) is 1.03. The molecule has 3 rings (SSSR count). The van der Waals surface area contributed by atoms with E-state index in [1.807, 2.05) is 41.8 Å². The molecular weight excluding hydrogens is 324 g/mol. The van der Waals surface area contributed by atoms with Gasteiger partial charge >= 0.3 is 0 Å². The summed E-state index contributed by atoms with van der Waals surface area (Å²) < 4.78 is 5.21. The normalized spacial score (nSPS) is 14.8. The van der Waals surface area contributed by atoms with Crippen molar-refractivity contribution in [1.29, 1.82) is 0 Å². The van der Waals surface area contributed by atoms with Crippen LogP contribution in [0.4, 0.5) is 0 Å². The van der Waals surface area contributed by atoms with Crippen LogP contribution in [0, 0.1) is 0 Å². The zero-order valence-corrected chi connectivity index (χ0v) is 14.4. The van der Waals surface area contributed by atoms with Gasteiger partial charge in [0.2, 0.25) is 11.8 Å². The zero-order chi connectivity index (χ0) is 16.9. The minimum absolute atomic E-state index is 0.0106. The van der Waals surface area contributed by atoms with Crippen molar-refractivity contribution in [3.63, 3.8) is 0 Å². The summed E-state index contributed by atoms with van der Waals surface area (Å²) in [7, 11) is 1.63. The second kappa shape index (κ2) is 7.49. The van der Waals surface area contributed by atoms with Crippen LogP contribution in [0.2, 0.25) is 0 Å². The van der Waals surface area contributed by atoms with Crippen molar-refractivity contribution in [2.45, 2.75) is 13.0 Å². The van der Waals surface area contributed by atoms with Crippen molar-refractivity contribution >= 4 is 23.2 Å². The number of carbonyl (C=O) groups excluding carboxylic acids is 2. The molecule has 6 heteroatoms. The van der Waals surface area contributed by atoms with Crippen LogP contribution >= 0.6 is 11.3 Å². The Balaban J connectivity index is 1.56. The summed E-state index contributed by atoms with van der Waals surface area (Å²) in [5, 5.41) is 1.96. The predicted octanol–water partition coefficient (Wildman–Crippen LogP) is 2.17. The topological polar surface area (TPSA) is 49.9 Å². The smallest absolute Gasteiger partial charge is 0.242 e. The molecule has 0 aliphatic carbocycles. The van der Waals surface area contributed by atoms with Crippen LogP contribution in [-0.4, -0.2) is 48.4 Å². The zero-order valence-electron chi connectivity index (χ0n) is 13.6. The molecule has 1 saturated heterocycles. The van der Waals surface area contributed by atoms with Gasteiger partial charge in [-0.3, -0.25) is 9.59 Å². The number of benzene rings is 1. The molecule has 126 valence electrons. The van der Waals surface area contributed by atoms with Gasteiger partial charge in [0.1, 0.15) is 5.75 Å². The van der Waals surface area contributed by atoms with Gasteiger partial charge in [0.15, 0.2) is 0 Å². The third-order valence-electron chi connectivity index (χ3n) is 4.08. The number of hydrogen-bond acceptors (Lipinski definition) is 4. The fraction of sp³-hybridized carbons (Fsp3) is 0.333. The largest absolute Gasteiger partial charge is 0.497 e. The van der Waals surface area contributed by atoms with Gasteiger partial charge in [-0.25, -0.2) is 0 Å². The van der Waals surface area contributed by atoms with E-state index in [-0.39, 0.29) is 18.4 Å². The molecule has 1 aliphatic heterocycles. The van der Waals surface area contributed by atoms with E-state index in [1.54, 1.807) is 28.2 Å². The highest BCUT2D eigenvalue weighted by Gasteiger charge is 2.27. The van der Waals surface area contributed by atoms with E-state index in [1.165, 1.54) is 0 Å². The number of piperazine rings is 1. The second-order valence-electron chi connectivity index (χ2n) is 5.74. The molecule has 2 heterocycles. The number of carbonyl (C=O) groups is 2. The Morgan fingerprint density at radius 2 is 2.12 bits per heavy atom. The molecule has 1 fully saturated rings. The number of ether oxygens (including phenoxy) is 1. The Morgan fingerprint density at radius 3 is 2.83 bits per heavy atom. The predicted molar refractivity (Wildman–Crippen MR) is 93.0 cm³/mol. The molecule has 5 nitrogen and oxygen atoms in total. The molecule has 0 unspecified atom stereocenters. The highest BCUT2D eigenvalue weighted by molar-refractivity contribution is 7.10. The van der Waals surface area contributed by atoms with E-state index in [4.69, 9.17) is 4.74 Å². The SMILES string of the molecule is COc1cccc(CN2CCN(C(=O)Cc3cccs3)CC2=O)c1. The summed E-state index contributed by atoms with van der Waals surface area (Å²) >= 11 is 1.57. The van der Waals surface area contributed by atoms with Crippen molar-refractivity contribution in [2.24, 2.45) is 0 Å². The van der Waals surface area contributed by atoms with Gasteiger partial charge in [-0.15, -0.1) is 11.3 Å². The molecular formula is C18H20N2O3S. The molecule has 2 amide bonds. The highest BCUT2D eigenvalue weighted by atomic mass is 32.1. The Kier molecular flexibility index (Phi) is 5.15. The number of rotatable bonds is 5. The van der Waals surface area contributed by atoms with Crippen molar-refractivity contribution in [3.05, 3.63) is 52.2 Å². The average molecular weight is 344 g/mol. The number of amides is 2. The Morgan fingerprint density at radius 1 is 1.25 bits per heavy atom. The molecule has 0 bridgehead atoms. The third-order valence-corrected chi connectivity index (χ3v) is 4.96. The molecule has 2 aromatic rings. The van der Waals surface area contributed by atoms with Gasteiger partial charge in [0, 0.05) is 24.5 Å². The van der Waals surface area contributed by atoms with E-state index in [9.17, 15) is 9.59 Å². The molecule has 0 radical (unpaired) electrons. The number of nitrogens with zero attached hydrogens (tertiary/aromatic N) is 2. The molecule has 1 aliphatic rings. The molecule has 24 heavy (non-hydrogen) atoms. The Labute approximate surface area is 145 Å². The summed E-state index contributed by atoms with van der Waals surface area (Å²) in [5.74, 6) is 0.792. The number of hydrogen-bond donors (Lipinski definition) is 0. The summed E-state index contributed by atoms with van der Waals surface area (Å²) in [6.07, 6.45) is 0.376. The maximum atomic E-state index is 12.4. The van der Waals surface area contributed by atoms with Crippen LogP contribution in [-0.2, 0) is 22.6 Å². The lowest BCUT2D eigenvalue weighted by Crippen LogP contribution is -2.52. The van der Waals surface area contributed by atoms with Crippen LogP contribution < -0.4 is 4.74 Å². The van der Waals surface area contributed by atoms with Crippen LogP contribution in [0.3, 0.4) is 0 Å². The van der Waals surface area contributed by atoms with Gasteiger partial charge < -0.3 is 14.5 Å². The second-order valence-corrected chi connectivity index (χ2v) is 6.77. The van der Waals surface area contributed by atoms with Crippen molar-refractivity contribution in [1.82, 2.24) is 9.80 Å². The standard InChI is InChI=1S/C18H20N2O3S/c1-23-15-5-2-4-14(10-15)12-19-7-8-20(13-18(19)22)17(21)11-16-6-3-9-24-16/h2-6,9-10H,7-8,11-13H2,1H3. The van der Waals surface area contributed by atoms with Crippen LogP contribution in [0.1, 0.15) is 10.4 Å². The lowest BCUT2D eigenvalue weighted by Gasteiger charge is -2.34. The Hall–Kier alpha value is -2.34. The summed E-state index contributed by atoms with van der Waals surface area (Å²) in [4.78, 5) is 29.2. The van der Waals surface area contributed by atoms with E-state index in [2.05, 4.69) is 0 Å². The van der Waals surface area contributed by atoms with Gasteiger partial charge in [-0.2, -0.15) is 0 Å². The Bertz CT molecular complexity index is 715. The maximum absolute atomic E-state index is 12.4. The fourth-order valence-electron chi connectivity index (χ4n) is 2.75. The van der Waals surface area contributed by atoms with E-state index in [0.717, 1.165) is 16.2 Å². The lowest BCUT2D eigenvalue weighted by atomic mass is 10.1. The molecule has 0 N–H and O–H groups in total. The van der Waals surface area contributed by atoms with Gasteiger partial charge in [0.25, 0.3) is 0 Å². The lowest BCUT2D eigenvalue weighted by molar-refractivity contribution is -0.145. The molecule has 0 atom stereocenters. The van der Waals surface area contributed by atoms with Crippen LogP contribution in [0.15, 0.2) is 41.8 Å². The molecule has 0 spiro atoms. The first-order valence-electron chi connectivity index (χ1n) is 7.86. The quantitative estimate of drug-likeness (QED) is 0.835. The van der Waals surface area contributed by atoms with Gasteiger partial charge in [0.05, 0.1) is 20.1 Å². The monoisotopic (exact) mass is 344 g/mol. The maximum Gasteiger partial charge on any atom is 0.242 e. The average Bonchev–Trinajstić information content (AvgIpc) is 3.10. The van der Waals surface area contributed by atoms with Crippen LogP contribution in [0.5, 0.6) is 5.75 Å². The number of thiophene rings is 1. The summed E-state index contributed by atoms with van der Waals surface area (Å²) in [6, 6.07) is 11.6. The first kappa shape index (κ1) is 16.5. The molecule has 1 aromatic heterocycles. The van der Waals surface area contributed by atoms with Gasteiger partial charge in [-0.05, 0) is 29.1 Å². The van der Waals surface area contributed by atoms with E-state index < -0.39 is 0 Å². The summed E-state index contributed by atoms with van der Waals surface area (Å²) in [6.45, 7) is 1.85. The fourth-order valence-corrected chi connectivity index (χ4v) is 3.45. The third kappa shape index (κ3) is 3.94. The van der Waals surface area contributed by atoms with Gasteiger partial charge in [-0.1, -0.05) is 18.2 Å². The first-order valence-corrected chi connectivity index (χ1v) is 8.74. The van der Waals surface area contributed by atoms with E-state index in [0.29, 0.717) is 26.1 Å². The van der Waals surface area contributed by atoms with Crippen molar-refractivity contribution < 1.29 is 14.3 Å². The van der Waals surface area contributed by atoms with Crippen molar-refractivity contribution in [3.8, 4) is 5.75 Å². The minimum Gasteiger partial charge on any atom is -0.497 e. The van der Waals surface area contributed by atoms with E-state index >= 15 is 0 Å². The highest BCUT2D eigenvalue weighted by Crippen LogP contribution is 2.17. The minimum atomic E-state index is -0.0106. The number of methoxy groups -OCH3 is 1. The molecule has 0 saturated carbocycles. The van der Waals surface area contributed by atoms with Crippen molar-refractivity contribution in [2.75, 3.05) is 26.7 Å². The van der Waals surface area contributed by atoms with Crippen LogP contribution in [0.25, 0.3) is 0 Å².